The molecule has 0 unspecified atom stereocenters. The second-order valence-corrected chi connectivity index (χ2v) is 5.83. The van der Waals surface area contributed by atoms with Crippen LogP contribution < -0.4 is 0 Å². The summed E-state index contributed by atoms with van der Waals surface area (Å²) in [6.07, 6.45) is 8.02. The van der Waals surface area contributed by atoms with Crippen molar-refractivity contribution in [1.29, 1.82) is 0 Å². The number of nitrogens with zero attached hydrogens (tertiary/aromatic N) is 3. The summed E-state index contributed by atoms with van der Waals surface area (Å²) in [5, 5.41) is 7.78. The lowest BCUT2D eigenvalue weighted by molar-refractivity contribution is 0.309. The molecule has 0 bridgehead atoms. The quantitative estimate of drug-likeness (QED) is 0.841. The molecule has 3 rings (SSSR count). The molecule has 0 atom stereocenters. The van der Waals surface area contributed by atoms with Crippen LogP contribution in [0.2, 0.25) is 0 Å². The van der Waals surface area contributed by atoms with Gasteiger partial charge in [-0.15, -0.1) is 0 Å². The van der Waals surface area contributed by atoms with Crippen LogP contribution in [0.5, 0.6) is 0 Å². The van der Waals surface area contributed by atoms with E-state index in [4.69, 9.17) is 0 Å². The molecule has 0 saturated heterocycles. The van der Waals surface area contributed by atoms with Crippen LogP contribution in [-0.2, 0) is 25.9 Å². The van der Waals surface area contributed by atoms with E-state index in [1.807, 2.05) is 0 Å². The van der Waals surface area contributed by atoms with Crippen LogP contribution in [0.25, 0.3) is 0 Å². The van der Waals surface area contributed by atoms with Crippen LogP contribution in [0.3, 0.4) is 0 Å². The Hall–Kier alpha value is -1.62. The monoisotopic (exact) mass is 273 g/mol. The van der Waals surface area contributed by atoms with Crippen molar-refractivity contribution in [1.82, 2.24) is 25.1 Å². The van der Waals surface area contributed by atoms with Crippen LogP contribution in [-0.4, -0.2) is 32.1 Å². The molecular formula is C15H23N5. The zero-order valence-corrected chi connectivity index (χ0v) is 12.4. The Kier molecular flexibility index (Phi) is 3.87. The van der Waals surface area contributed by atoms with Gasteiger partial charge in [0.15, 0.2) is 0 Å². The number of rotatable bonds is 4. The molecule has 0 amide bonds. The first-order chi connectivity index (χ1) is 9.74. The van der Waals surface area contributed by atoms with E-state index >= 15 is 0 Å². The molecule has 0 aromatic carbocycles. The number of imidazole rings is 1. The van der Waals surface area contributed by atoms with E-state index in [1.165, 1.54) is 42.6 Å². The molecule has 20 heavy (non-hydrogen) atoms. The largest absolute Gasteiger partial charge is 0.348 e. The van der Waals surface area contributed by atoms with Gasteiger partial charge in [-0.2, -0.15) is 5.10 Å². The Balaban J connectivity index is 1.68. The summed E-state index contributed by atoms with van der Waals surface area (Å²) in [5.74, 6) is 0. The molecule has 108 valence electrons. The van der Waals surface area contributed by atoms with Gasteiger partial charge in [0.05, 0.1) is 17.7 Å². The minimum atomic E-state index is 0.858. The van der Waals surface area contributed by atoms with Crippen LogP contribution in [0.1, 0.15) is 47.6 Å². The van der Waals surface area contributed by atoms with E-state index in [-0.39, 0.29) is 0 Å². The fourth-order valence-electron chi connectivity index (χ4n) is 2.97. The van der Waals surface area contributed by atoms with Crippen molar-refractivity contribution in [2.75, 3.05) is 7.05 Å². The molecule has 0 fully saturated rings. The van der Waals surface area contributed by atoms with Crippen molar-refractivity contribution < 1.29 is 0 Å². The van der Waals surface area contributed by atoms with Crippen molar-refractivity contribution in [2.45, 2.75) is 52.1 Å². The van der Waals surface area contributed by atoms with Gasteiger partial charge in [0, 0.05) is 24.5 Å². The zero-order chi connectivity index (χ0) is 13.9. The third-order valence-corrected chi connectivity index (χ3v) is 4.17. The number of aromatic amines is 2. The maximum Gasteiger partial charge on any atom is 0.0925 e. The van der Waals surface area contributed by atoms with Crippen LogP contribution in [0.4, 0.5) is 0 Å². The van der Waals surface area contributed by atoms with Gasteiger partial charge in [-0.05, 0) is 45.2 Å². The number of aromatic nitrogens is 4. The van der Waals surface area contributed by atoms with Crippen LogP contribution in [0.15, 0.2) is 6.33 Å². The highest BCUT2D eigenvalue weighted by atomic mass is 15.2. The number of hydrogen-bond acceptors (Lipinski definition) is 3. The first kappa shape index (κ1) is 13.4. The van der Waals surface area contributed by atoms with Crippen LogP contribution >= 0.6 is 0 Å². The smallest absolute Gasteiger partial charge is 0.0925 e. The highest BCUT2D eigenvalue weighted by Crippen LogP contribution is 2.22. The topological polar surface area (TPSA) is 60.6 Å². The summed E-state index contributed by atoms with van der Waals surface area (Å²) < 4.78 is 0. The molecule has 1 aliphatic carbocycles. The molecule has 2 aromatic heterocycles. The van der Waals surface area contributed by atoms with Gasteiger partial charge in [-0.25, -0.2) is 4.98 Å². The Morgan fingerprint density at radius 3 is 2.75 bits per heavy atom. The fraction of sp³-hybridized carbons (Fsp3) is 0.600. The van der Waals surface area contributed by atoms with Gasteiger partial charge < -0.3 is 4.98 Å². The van der Waals surface area contributed by atoms with Crippen molar-refractivity contribution >= 4 is 0 Å². The first-order valence-electron chi connectivity index (χ1n) is 7.46. The predicted octanol–water partition coefficient (Wildman–Crippen LogP) is 2.34. The number of aryl methyl sites for hydroxylation is 2. The molecule has 5 nitrogen and oxygen atoms in total. The van der Waals surface area contributed by atoms with Gasteiger partial charge in [0.25, 0.3) is 0 Å². The second kappa shape index (κ2) is 5.79. The Morgan fingerprint density at radius 1 is 1.15 bits per heavy atom. The summed E-state index contributed by atoms with van der Waals surface area (Å²) in [4.78, 5) is 9.78. The Labute approximate surface area is 119 Å². The van der Waals surface area contributed by atoms with Crippen LogP contribution in [0, 0.1) is 6.92 Å². The molecule has 1 aliphatic rings. The SMILES string of the molecule is Cc1[nH]cnc1CN(C)Cc1n[nH]c2c1CCCCC2. The van der Waals surface area contributed by atoms with Gasteiger partial charge in [-0.1, -0.05) is 6.42 Å². The molecule has 2 aromatic rings. The number of nitrogens with one attached hydrogen (secondary N) is 2. The molecule has 5 heteroatoms. The molecule has 0 aliphatic heterocycles. The molecule has 2 N–H and O–H groups in total. The van der Waals surface area contributed by atoms with Crippen molar-refractivity contribution in [3.8, 4) is 0 Å². The third kappa shape index (κ3) is 2.77. The van der Waals surface area contributed by atoms with E-state index in [0.717, 1.165) is 30.9 Å². The molecule has 2 heterocycles. The highest BCUT2D eigenvalue weighted by molar-refractivity contribution is 5.26. The van der Waals surface area contributed by atoms with E-state index in [1.54, 1.807) is 6.33 Å². The van der Waals surface area contributed by atoms with E-state index in [2.05, 4.69) is 39.0 Å². The molecular weight excluding hydrogens is 250 g/mol. The number of fused-ring (bicyclic) bond motifs is 1. The standard InChI is InChI=1S/C15H23N5/c1-11-14(17-10-16-11)8-20(2)9-15-12-6-4-3-5-7-13(12)18-19-15/h10H,3-9H2,1-2H3,(H,16,17)(H,18,19). The fourth-order valence-corrected chi connectivity index (χ4v) is 2.97. The molecule has 0 radical (unpaired) electrons. The van der Waals surface area contributed by atoms with Crippen molar-refractivity contribution in [3.63, 3.8) is 0 Å². The second-order valence-electron chi connectivity index (χ2n) is 5.83. The Bertz CT molecular complexity index is 569. The average Bonchev–Trinajstić information content (AvgIpc) is 2.90. The highest BCUT2D eigenvalue weighted by Gasteiger charge is 2.17. The van der Waals surface area contributed by atoms with Crippen molar-refractivity contribution in [2.24, 2.45) is 0 Å². The molecule has 0 spiro atoms. The minimum Gasteiger partial charge on any atom is -0.348 e. The summed E-state index contributed by atoms with van der Waals surface area (Å²) in [5.41, 5.74) is 6.32. The van der Waals surface area contributed by atoms with Gasteiger partial charge >= 0.3 is 0 Å². The zero-order valence-electron chi connectivity index (χ0n) is 12.4. The van der Waals surface area contributed by atoms with E-state index < -0.39 is 0 Å². The first-order valence-corrected chi connectivity index (χ1v) is 7.46. The third-order valence-electron chi connectivity index (χ3n) is 4.17. The van der Waals surface area contributed by atoms with E-state index in [9.17, 15) is 0 Å². The average molecular weight is 273 g/mol. The maximum atomic E-state index is 4.54. The van der Waals surface area contributed by atoms with Gasteiger partial charge in [0.1, 0.15) is 0 Å². The van der Waals surface area contributed by atoms with Gasteiger partial charge in [0.2, 0.25) is 0 Å². The summed E-state index contributed by atoms with van der Waals surface area (Å²) >= 11 is 0. The van der Waals surface area contributed by atoms with Crippen molar-refractivity contribution in [3.05, 3.63) is 34.7 Å². The summed E-state index contributed by atoms with van der Waals surface area (Å²) in [6, 6.07) is 0. The predicted molar refractivity (Wildman–Crippen MR) is 78.3 cm³/mol. The number of hydrogen-bond donors (Lipinski definition) is 2. The van der Waals surface area contributed by atoms with Gasteiger partial charge in [-0.3, -0.25) is 10.00 Å². The lowest BCUT2D eigenvalue weighted by Gasteiger charge is -2.15. The van der Waals surface area contributed by atoms with E-state index in [0.29, 0.717) is 0 Å². The summed E-state index contributed by atoms with van der Waals surface area (Å²) in [7, 11) is 2.13. The Morgan fingerprint density at radius 2 is 1.95 bits per heavy atom. The minimum absolute atomic E-state index is 0.858. The number of H-pyrrole nitrogens is 2. The lowest BCUT2D eigenvalue weighted by atomic mass is 10.1. The lowest BCUT2D eigenvalue weighted by Crippen LogP contribution is -2.19. The molecule has 0 saturated carbocycles. The maximum absolute atomic E-state index is 4.54. The normalized spacial score (nSPS) is 15.3. The summed E-state index contributed by atoms with van der Waals surface area (Å²) in [6.45, 7) is 3.81.